The summed E-state index contributed by atoms with van der Waals surface area (Å²) in [6, 6.07) is 4.53. The Morgan fingerprint density at radius 1 is 1.41 bits per heavy atom. The molecule has 0 aromatic heterocycles. The second kappa shape index (κ2) is 5.47. The van der Waals surface area contributed by atoms with Crippen molar-refractivity contribution >= 4 is 0 Å². The lowest BCUT2D eigenvalue weighted by atomic mass is 9.90. The molecule has 4 heteroatoms. The molecule has 0 fully saturated rings. The van der Waals surface area contributed by atoms with E-state index < -0.39 is 6.10 Å². The van der Waals surface area contributed by atoms with Gasteiger partial charge in [0.25, 0.3) is 0 Å². The molecule has 1 aromatic carbocycles. The van der Waals surface area contributed by atoms with Crippen LogP contribution in [-0.2, 0) is 6.54 Å². The number of ether oxygens (including phenoxy) is 1. The normalized spacial score (nSPS) is 13.5. The molecule has 1 aromatic rings. The maximum atomic E-state index is 13.4. The minimum absolute atomic E-state index is 0.144. The van der Waals surface area contributed by atoms with Gasteiger partial charge < -0.3 is 15.6 Å². The minimum atomic E-state index is -0.597. The lowest BCUT2D eigenvalue weighted by molar-refractivity contribution is 0.0217. The summed E-state index contributed by atoms with van der Waals surface area (Å²) in [5, 5.41) is 9.78. The highest BCUT2D eigenvalue weighted by molar-refractivity contribution is 5.28. The molecule has 0 saturated heterocycles. The van der Waals surface area contributed by atoms with Crippen LogP contribution in [0, 0.1) is 11.2 Å². The van der Waals surface area contributed by atoms with Gasteiger partial charge in [-0.1, -0.05) is 26.8 Å². The molecule has 1 atom stereocenters. The summed E-state index contributed by atoms with van der Waals surface area (Å²) in [5.41, 5.74) is 5.56. The van der Waals surface area contributed by atoms with Crippen LogP contribution in [0.15, 0.2) is 18.2 Å². The molecule has 3 nitrogen and oxygen atoms in total. The molecule has 0 spiro atoms. The summed E-state index contributed by atoms with van der Waals surface area (Å²) in [6.07, 6.45) is -0.597. The van der Waals surface area contributed by atoms with Crippen molar-refractivity contribution in [2.24, 2.45) is 11.1 Å². The van der Waals surface area contributed by atoms with E-state index in [9.17, 15) is 9.50 Å². The lowest BCUT2D eigenvalue weighted by Gasteiger charge is -2.25. The van der Waals surface area contributed by atoms with Crippen LogP contribution in [0.5, 0.6) is 5.75 Å². The van der Waals surface area contributed by atoms with E-state index in [1.807, 2.05) is 20.8 Å². The Labute approximate surface area is 101 Å². The third-order valence-corrected chi connectivity index (χ3v) is 2.65. The van der Waals surface area contributed by atoms with Crippen LogP contribution in [0.2, 0.25) is 0 Å². The second-order valence-electron chi connectivity index (χ2n) is 5.15. The highest BCUT2D eigenvalue weighted by Crippen LogP contribution is 2.21. The van der Waals surface area contributed by atoms with E-state index in [0.717, 1.165) is 0 Å². The standard InChI is InChI=1S/C13H20FNO2/c1-13(2,3)12(16)8-17-10-5-4-9(7-15)11(14)6-10/h4-6,12,16H,7-8,15H2,1-3H3. The van der Waals surface area contributed by atoms with Gasteiger partial charge in [0.2, 0.25) is 0 Å². The van der Waals surface area contributed by atoms with E-state index in [2.05, 4.69) is 0 Å². The smallest absolute Gasteiger partial charge is 0.131 e. The molecule has 17 heavy (non-hydrogen) atoms. The van der Waals surface area contributed by atoms with Crippen molar-refractivity contribution in [3.8, 4) is 5.75 Å². The van der Waals surface area contributed by atoms with Gasteiger partial charge >= 0.3 is 0 Å². The van der Waals surface area contributed by atoms with Gasteiger partial charge in [-0.3, -0.25) is 0 Å². The zero-order valence-electron chi connectivity index (χ0n) is 10.5. The van der Waals surface area contributed by atoms with Crippen LogP contribution in [-0.4, -0.2) is 17.8 Å². The number of rotatable bonds is 4. The molecule has 0 aliphatic rings. The fraction of sp³-hybridized carbons (Fsp3) is 0.538. The Morgan fingerprint density at radius 2 is 2.06 bits per heavy atom. The summed E-state index contributed by atoms with van der Waals surface area (Å²) < 4.78 is 18.7. The average molecular weight is 241 g/mol. The van der Waals surface area contributed by atoms with Gasteiger partial charge in [-0.05, 0) is 11.5 Å². The van der Waals surface area contributed by atoms with Gasteiger partial charge in [0.15, 0.2) is 0 Å². The number of hydrogen-bond acceptors (Lipinski definition) is 3. The summed E-state index contributed by atoms with van der Waals surface area (Å²) in [4.78, 5) is 0. The van der Waals surface area contributed by atoms with E-state index in [0.29, 0.717) is 11.3 Å². The van der Waals surface area contributed by atoms with E-state index in [4.69, 9.17) is 10.5 Å². The molecule has 0 bridgehead atoms. The van der Waals surface area contributed by atoms with Crippen LogP contribution >= 0.6 is 0 Å². The first-order chi connectivity index (χ1) is 7.84. The van der Waals surface area contributed by atoms with Crippen molar-refractivity contribution in [1.82, 2.24) is 0 Å². The van der Waals surface area contributed by atoms with Gasteiger partial charge in [-0.2, -0.15) is 0 Å². The first-order valence-corrected chi connectivity index (χ1v) is 5.64. The van der Waals surface area contributed by atoms with Crippen LogP contribution < -0.4 is 10.5 Å². The lowest BCUT2D eigenvalue weighted by Crippen LogP contribution is -2.31. The topological polar surface area (TPSA) is 55.5 Å². The molecule has 0 saturated carbocycles. The number of nitrogens with two attached hydrogens (primary N) is 1. The summed E-state index contributed by atoms with van der Waals surface area (Å²) >= 11 is 0. The van der Waals surface area contributed by atoms with Gasteiger partial charge in [0, 0.05) is 18.2 Å². The molecule has 0 radical (unpaired) electrons. The van der Waals surface area contributed by atoms with Gasteiger partial charge in [0.05, 0.1) is 6.10 Å². The Balaban J connectivity index is 2.61. The first-order valence-electron chi connectivity index (χ1n) is 5.64. The van der Waals surface area contributed by atoms with Crippen molar-refractivity contribution in [3.63, 3.8) is 0 Å². The predicted molar refractivity (Wildman–Crippen MR) is 65.2 cm³/mol. The van der Waals surface area contributed by atoms with Gasteiger partial charge in [0.1, 0.15) is 18.2 Å². The Kier molecular flexibility index (Phi) is 4.48. The van der Waals surface area contributed by atoms with Gasteiger partial charge in [-0.15, -0.1) is 0 Å². The van der Waals surface area contributed by atoms with Crippen molar-refractivity contribution in [2.75, 3.05) is 6.61 Å². The van der Waals surface area contributed by atoms with Crippen molar-refractivity contribution in [3.05, 3.63) is 29.6 Å². The predicted octanol–water partition coefficient (Wildman–Crippen LogP) is 2.07. The molecule has 1 rings (SSSR count). The number of halogens is 1. The molecule has 0 aliphatic carbocycles. The summed E-state index contributed by atoms with van der Waals surface area (Å²) in [6.45, 7) is 6.05. The zero-order valence-corrected chi connectivity index (χ0v) is 10.5. The molecule has 0 aliphatic heterocycles. The molecule has 1 unspecified atom stereocenters. The van der Waals surface area contributed by atoms with Crippen molar-refractivity contribution < 1.29 is 14.2 Å². The fourth-order valence-corrected chi connectivity index (χ4v) is 1.21. The molecule has 96 valence electrons. The summed E-state index contributed by atoms with van der Waals surface area (Å²) in [5.74, 6) is 0.0262. The molecule has 0 amide bonds. The van der Waals surface area contributed by atoms with Crippen LogP contribution in [0.4, 0.5) is 4.39 Å². The van der Waals surface area contributed by atoms with Crippen molar-refractivity contribution in [2.45, 2.75) is 33.4 Å². The van der Waals surface area contributed by atoms with Gasteiger partial charge in [-0.25, -0.2) is 4.39 Å². The number of aliphatic hydroxyl groups is 1. The second-order valence-corrected chi connectivity index (χ2v) is 5.15. The van der Waals surface area contributed by atoms with Crippen LogP contribution in [0.1, 0.15) is 26.3 Å². The first kappa shape index (κ1) is 13.9. The SMILES string of the molecule is CC(C)(C)C(O)COc1ccc(CN)c(F)c1. The largest absolute Gasteiger partial charge is 0.491 e. The van der Waals surface area contributed by atoms with Crippen LogP contribution in [0.25, 0.3) is 0 Å². The highest BCUT2D eigenvalue weighted by Gasteiger charge is 2.22. The van der Waals surface area contributed by atoms with E-state index in [1.165, 1.54) is 6.07 Å². The van der Waals surface area contributed by atoms with E-state index in [1.54, 1.807) is 12.1 Å². The number of hydrogen-bond donors (Lipinski definition) is 2. The molecule has 0 heterocycles. The minimum Gasteiger partial charge on any atom is -0.491 e. The maximum Gasteiger partial charge on any atom is 0.131 e. The zero-order chi connectivity index (χ0) is 13.1. The monoisotopic (exact) mass is 241 g/mol. The summed E-state index contributed by atoms with van der Waals surface area (Å²) in [7, 11) is 0. The number of aliphatic hydroxyl groups excluding tert-OH is 1. The quantitative estimate of drug-likeness (QED) is 0.848. The third-order valence-electron chi connectivity index (χ3n) is 2.65. The Morgan fingerprint density at radius 3 is 2.53 bits per heavy atom. The van der Waals surface area contributed by atoms with E-state index in [-0.39, 0.29) is 24.4 Å². The van der Waals surface area contributed by atoms with E-state index >= 15 is 0 Å². The maximum absolute atomic E-state index is 13.4. The molecule has 3 N–H and O–H groups in total. The third kappa shape index (κ3) is 3.98. The highest BCUT2D eigenvalue weighted by atomic mass is 19.1. The number of benzene rings is 1. The van der Waals surface area contributed by atoms with Crippen molar-refractivity contribution in [1.29, 1.82) is 0 Å². The fourth-order valence-electron chi connectivity index (χ4n) is 1.21. The molecular weight excluding hydrogens is 221 g/mol. The Bertz CT molecular complexity index is 374. The van der Waals surface area contributed by atoms with Crippen LogP contribution in [0.3, 0.4) is 0 Å². The Hall–Kier alpha value is -1.13. The average Bonchev–Trinajstić information content (AvgIpc) is 2.24. The molecular formula is C13H20FNO2.